The monoisotopic (exact) mass is 338 g/mol. The summed E-state index contributed by atoms with van der Waals surface area (Å²) in [6.45, 7) is 0. The van der Waals surface area contributed by atoms with Crippen LogP contribution >= 0.6 is 0 Å². The summed E-state index contributed by atoms with van der Waals surface area (Å²) in [5.41, 5.74) is 1.09. The van der Waals surface area contributed by atoms with E-state index in [1.165, 1.54) is 24.3 Å². The maximum Gasteiger partial charge on any atom is 0.271 e. The molecule has 0 radical (unpaired) electrons. The van der Waals surface area contributed by atoms with Gasteiger partial charge in [0.1, 0.15) is 22.8 Å². The van der Waals surface area contributed by atoms with Crippen molar-refractivity contribution in [3.05, 3.63) is 63.5 Å². The zero-order chi connectivity index (χ0) is 17.7. The molecule has 0 saturated carbocycles. The highest BCUT2D eigenvalue weighted by Gasteiger charge is 2.31. The van der Waals surface area contributed by atoms with E-state index in [1.807, 2.05) is 0 Å². The fraction of sp³-hybridized carbons (Fsp3) is 0. The highest BCUT2D eigenvalue weighted by Crippen LogP contribution is 2.40. The van der Waals surface area contributed by atoms with Gasteiger partial charge in [0.25, 0.3) is 5.69 Å². The Morgan fingerprint density at radius 1 is 1.20 bits per heavy atom. The normalized spacial score (nSPS) is 14.7. The van der Waals surface area contributed by atoms with Gasteiger partial charge in [-0.2, -0.15) is 0 Å². The molecule has 2 aromatic carbocycles. The smallest absolute Gasteiger partial charge is 0.271 e. The Labute approximate surface area is 139 Å². The highest BCUT2D eigenvalue weighted by molar-refractivity contribution is 6.16. The van der Waals surface area contributed by atoms with E-state index in [0.29, 0.717) is 16.5 Å². The van der Waals surface area contributed by atoms with Crippen LogP contribution in [0, 0.1) is 10.1 Å². The molecule has 1 aliphatic rings. The first-order chi connectivity index (χ1) is 11.9. The van der Waals surface area contributed by atoms with Crippen LogP contribution in [0.25, 0.3) is 17.0 Å². The number of nitro groups is 1. The number of ether oxygens (including phenoxy) is 1. The van der Waals surface area contributed by atoms with Crippen LogP contribution in [-0.4, -0.2) is 25.9 Å². The Hall–Kier alpha value is -3.81. The lowest BCUT2D eigenvalue weighted by Gasteiger charge is -2.00. The Balaban J connectivity index is 1.77. The number of carbonyl (C=O) groups excluding carboxylic acids is 1. The molecule has 3 N–H and O–H groups in total. The summed E-state index contributed by atoms with van der Waals surface area (Å²) in [4.78, 5) is 25.6. The van der Waals surface area contributed by atoms with Crippen molar-refractivity contribution in [3.8, 4) is 17.2 Å². The van der Waals surface area contributed by atoms with Gasteiger partial charge in [-0.05, 0) is 12.1 Å². The number of ketones is 1. The first-order valence-electron chi connectivity index (χ1n) is 7.20. The van der Waals surface area contributed by atoms with Gasteiger partial charge in [0.2, 0.25) is 5.78 Å². The summed E-state index contributed by atoms with van der Waals surface area (Å²) in [5.74, 6) is -1.04. The van der Waals surface area contributed by atoms with E-state index < -0.39 is 10.7 Å². The summed E-state index contributed by atoms with van der Waals surface area (Å²) in [7, 11) is 0. The summed E-state index contributed by atoms with van der Waals surface area (Å²) >= 11 is 0. The molecule has 25 heavy (non-hydrogen) atoms. The number of rotatable bonds is 2. The summed E-state index contributed by atoms with van der Waals surface area (Å²) in [5, 5.41) is 30.8. The van der Waals surface area contributed by atoms with E-state index >= 15 is 0 Å². The number of benzene rings is 2. The van der Waals surface area contributed by atoms with Gasteiger partial charge in [0.05, 0.1) is 10.4 Å². The second-order valence-electron chi connectivity index (χ2n) is 5.51. The standard InChI is InChI=1S/C17H10N2O6/c20-10-5-13(21)16-14(6-10)25-15(17(16)22)3-8-7-18-12-4-9(19(23)24)1-2-11(8)12/h1-7,18,20-21H/b15-3-. The SMILES string of the molecule is O=C1/C(=C/c2c[nH]c3cc([N+](=O)[O-])ccc23)Oc2cc(O)cc(O)c21. The van der Waals surface area contributed by atoms with Crippen molar-refractivity contribution in [2.75, 3.05) is 0 Å². The topological polar surface area (TPSA) is 126 Å². The van der Waals surface area contributed by atoms with Gasteiger partial charge >= 0.3 is 0 Å². The van der Waals surface area contributed by atoms with Crippen LogP contribution in [0.1, 0.15) is 15.9 Å². The molecule has 0 atom stereocenters. The zero-order valence-corrected chi connectivity index (χ0v) is 12.5. The van der Waals surface area contributed by atoms with Gasteiger partial charge in [-0.15, -0.1) is 0 Å². The third-order valence-electron chi connectivity index (χ3n) is 3.93. The van der Waals surface area contributed by atoms with Gasteiger partial charge < -0.3 is 19.9 Å². The van der Waals surface area contributed by atoms with E-state index in [2.05, 4.69) is 4.98 Å². The molecule has 2 heterocycles. The number of aromatic nitrogens is 1. The van der Waals surface area contributed by atoms with Gasteiger partial charge in [-0.3, -0.25) is 14.9 Å². The minimum absolute atomic E-state index is 0.0143. The van der Waals surface area contributed by atoms with Crippen LogP contribution < -0.4 is 4.74 Å². The number of nitrogens with one attached hydrogen (secondary N) is 1. The third-order valence-corrected chi connectivity index (χ3v) is 3.93. The Kier molecular flexibility index (Phi) is 3.01. The number of nitrogens with zero attached hydrogens (tertiary/aromatic N) is 1. The highest BCUT2D eigenvalue weighted by atomic mass is 16.6. The lowest BCUT2D eigenvalue weighted by Crippen LogP contribution is -1.98. The first kappa shape index (κ1) is 14.8. The number of carbonyl (C=O) groups is 1. The lowest BCUT2D eigenvalue weighted by atomic mass is 10.1. The molecule has 0 spiro atoms. The van der Waals surface area contributed by atoms with E-state index in [4.69, 9.17) is 4.74 Å². The molecule has 124 valence electrons. The van der Waals surface area contributed by atoms with Crippen LogP contribution in [0.15, 0.2) is 42.3 Å². The largest absolute Gasteiger partial charge is 0.508 e. The number of allylic oxidation sites excluding steroid dienone is 1. The van der Waals surface area contributed by atoms with Crippen molar-refractivity contribution in [1.29, 1.82) is 0 Å². The van der Waals surface area contributed by atoms with Crippen LogP contribution in [0.5, 0.6) is 17.2 Å². The minimum Gasteiger partial charge on any atom is -0.508 e. The molecule has 0 amide bonds. The lowest BCUT2D eigenvalue weighted by molar-refractivity contribution is -0.384. The van der Waals surface area contributed by atoms with Crippen molar-refractivity contribution < 1.29 is 24.7 Å². The number of aromatic amines is 1. The molecule has 1 aliphatic heterocycles. The van der Waals surface area contributed by atoms with Crippen LogP contribution in [0.3, 0.4) is 0 Å². The maximum atomic E-state index is 12.4. The summed E-state index contributed by atoms with van der Waals surface area (Å²) in [6, 6.07) is 6.65. The van der Waals surface area contributed by atoms with E-state index in [-0.39, 0.29) is 34.3 Å². The molecule has 8 heteroatoms. The fourth-order valence-corrected chi connectivity index (χ4v) is 2.79. The van der Waals surface area contributed by atoms with Crippen LogP contribution in [0.2, 0.25) is 0 Å². The fourth-order valence-electron chi connectivity index (χ4n) is 2.79. The summed E-state index contributed by atoms with van der Waals surface area (Å²) in [6.07, 6.45) is 3.07. The molecule has 3 aromatic rings. The Morgan fingerprint density at radius 2 is 2.00 bits per heavy atom. The number of nitro benzene ring substituents is 1. The Bertz CT molecular complexity index is 1100. The molecule has 1 aromatic heterocycles. The number of hydrogen-bond acceptors (Lipinski definition) is 6. The number of Topliss-reactive ketones (excluding diaryl/α,β-unsaturated/α-hetero) is 1. The first-order valence-corrected chi connectivity index (χ1v) is 7.20. The second-order valence-corrected chi connectivity index (χ2v) is 5.51. The van der Waals surface area contributed by atoms with E-state index in [0.717, 1.165) is 6.07 Å². The van der Waals surface area contributed by atoms with Gasteiger partial charge in [-0.25, -0.2) is 0 Å². The molecular formula is C17H10N2O6. The quantitative estimate of drug-likeness (QED) is 0.374. The average Bonchev–Trinajstić information content (AvgIpc) is 3.09. The second kappa shape index (κ2) is 5.10. The third kappa shape index (κ3) is 2.27. The maximum absolute atomic E-state index is 12.4. The number of phenols is 2. The molecule has 0 bridgehead atoms. The molecule has 0 unspecified atom stereocenters. The average molecular weight is 338 g/mol. The van der Waals surface area contributed by atoms with Crippen LogP contribution in [0.4, 0.5) is 5.69 Å². The van der Waals surface area contributed by atoms with Crippen molar-refractivity contribution in [2.45, 2.75) is 0 Å². The van der Waals surface area contributed by atoms with Crippen molar-refractivity contribution in [1.82, 2.24) is 4.98 Å². The van der Waals surface area contributed by atoms with Crippen LogP contribution in [-0.2, 0) is 0 Å². The minimum atomic E-state index is -0.510. The number of hydrogen-bond donors (Lipinski definition) is 3. The molecule has 4 rings (SSSR count). The number of phenolic OH excluding ortho intramolecular Hbond substituents is 2. The number of H-pyrrole nitrogens is 1. The Morgan fingerprint density at radius 3 is 2.76 bits per heavy atom. The van der Waals surface area contributed by atoms with Crippen molar-refractivity contribution in [3.63, 3.8) is 0 Å². The van der Waals surface area contributed by atoms with E-state index in [1.54, 1.807) is 12.3 Å². The molecule has 8 nitrogen and oxygen atoms in total. The molecule has 0 aliphatic carbocycles. The van der Waals surface area contributed by atoms with Crippen molar-refractivity contribution in [2.24, 2.45) is 0 Å². The summed E-state index contributed by atoms with van der Waals surface area (Å²) < 4.78 is 5.43. The van der Waals surface area contributed by atoms with Crippen molar-refractivity contribution >= 4 is 28.4 Å². The molecule has 0 saturated heterocycles. The molecule has 0 fully saturated rings. The number of non-ortho nitro benzene ring substituents is 1. The predicted molar refractivity (Wildman–Crippen MR) is 87.7 cm³/mol. The van der Waals surface area contributed by atoms with Gasteiger partial charge in [0.15, 0.2) is 5.76 Å². The predicted octanol–water partition coefficient (Wildman–Crippen LogP) is 3.10. The van der Waals surface area contributed by atoms with E-state index in [9.17, 15) is 25.1 Å². The zero-order valence-electron chi connectivity index (χ0n) is 12.5. The van der Waals surface area contributed by atoms with Gasteiger partial charge in [0, 0.05) is 41.4 Å². The van der Waals surface area contributed by atoms with Gasteiger partial charge in [-0.1, -0.05) is 0 Å². The number of fused-ring (bicyclic) bond motifs is 2. The molecular weight excluding hydrogens is 328 g/mol. The number of aromatic hydroxyl groups is 2.